The van der Waals surface area contributed by atoms with Crippen LogP contribution in [0, 0.1) is 0 Å². The van der Waals surface area contributed by atoms with Crippen LogP contribution in [0.25, 0.3) is 0 Å². The van der Waals surface area contributed by atoms with E-state index < -0.39 is 0 Å². The highest BCUT2D eigenvalue weighted by molar-refractivity contribution is 5.94. The Morgan fingerprint density at radius 1 is 1.31 bits per heavy atom. The molecule has 0 aliphatic rings. The Hall–Kier alpha value is -2.04. The van der Waals surface area contributed by atoms with Gasteiger partial charge < -0.3 is 5.73 Å². The van der Waals surface area contributed by atoms with Crippen molar-refractivity contribution in [3.8, 4) is 0 Å². The van der Waals surface area contributed by atoms with E-state index in [1.54, 1.807) is 24.3 Å². The quantitative estimate of drug-likeness (QED) is 0.337. The second-order valence-corrected chi connectivity index (χ2v) is 2.34. The molecular weight excluding hydrogens is 170 g/mol. The first kappa shape index (κ1) is 9.05. The van der Waals surface area contributed by atoms with Crippen molar-refractivity contribution in [2.24, 2.45) is 0 Å². The molecule has 4 N–H and O–H groups in total. The van der Waals surface area contributed by atoms with Gasteiger partial charge in [0.1, 0.15) is 0 Å². The fourth-order valence-electron chi connectivity index (χ4n) is 0.802. The minimum Gasteiger partial charge on any atom is -0.399 e. The van der Waals surface area contributed by atoms with E-state index >= 15 is 0 Å². The Balaban J connectivity index is 2.66. The Labute approximate surface area is 74.9 Å². The third-order valence-corrected chi connectivity index (χ3v) is 1.42. The van der Waals surface area contributed by atoms with Crippen LogP contribution in [0.5, 0.6) is 0 Å². The van der Waals surface area contributed by atoms with Crippen molar-refractivity contribution in [2.75, 3.05) is 5.73 Å². The summed E-state index contributed by atoms with van der Waals surface area (Å²) < 4.78 is 0. The van der Waals surface area contributed by atoms with Crippen LogP contribution in [-0.2, 0) is 4.79 Å². The van der Waals surface area contributed by atoms with E-state index in [2.05, 4.69) is 5.43 Å². The van der Waals surface area contributed by atoms with Gasteiger partial charge in [-0.05, 0) is 24.3 Å². The molecule has 0 bridgehead atoms. The van der Waals surface area contributed by atoms with Gasteiger partial charge in [0.25, 0.3) is 5.91 Å². The lowest BCUT2D eigenvalue weighted by Gasteiger charge is -2.02. The second-order valence-electron chi connectivity index (χ2n) is 2.34. The predicted molar refractivity (Wildman–Crippen MR) is 47.5 cm³/mol. The number of nitrogens with two attached hydrogens (primary N) is 1. The molecule has 1 aromatic carbocycles. The van der Waals surface area contributed by atoms with Crippen LogP contribution >= 0.6 is 0 Å². The van der Waals surface area contributed by atoms with Crippen LogP contribution in [0.4, 0.5) is 5.69 Å². The SMILES string of the molecule is Nc1ccc(C(=O)NNC=O)cc1. The lowest BCUT2D eigenvalue weighted by molar-refractivity contribution is -0.110. The first-order valence-electron chi connectivity index (χ1n) is 3.59. The van der Waals surface area contributed by atoms with E-state index in [0.29, 0.717) is 17.7 Å². The average molecular weight is 179 g/mol. The van der Waals surface area contributed by atoms with E-state index in [-0.39, 0.29) is 5.91 Å². The third kappa shape index (κ3) is 2.48. The minimum atomic E-state index is -0.382. The summed E-state index contributed by atoms with van der Waals surface area (Å²) in [6, 6.07) is 6.35. The number of nitrogen functional groups attached to an aromatic ring is 1. The molecule has 1 aromatic rings. The van der Waals surface area contributed by atoms with E-state index in [1.165, 1.54) is 0 Å². The van der Waals surface area contributed by atoms with Gasteiger partial charge in [-0.1, -0.05) is 0 Å². The number of carbonyl (C=O) groups excluding carboxylic acids is 2. The zero-order chi connectivity index (χ0) is 9.68. The zero-order valence-corrected chi connectivity index (χ0v) is 6.78. The highest BCUT2D eigenvalue weighted by Gasteiger charge is 2.02. The number of hydrazine groups is 1. The molecule has 0 radical (unpaired) electrons. The van der Waals surface area contributed by atoms with Gasteiger partial charge in [0.05, 0.1) is 0 Å². The van der Waals surface area contributed by atoms with Crippen LogP contribution in [0.15, 0.2) is 24.3 Å². The Kier molecular flexibility index (Phi) is 2.86. The first-order chi connectivity index (χ1) is 6.24. The molecule has 5 nitrogen and oxygen atoms in total. The molecule has 2 amide bonds. The number of hydrogen-bond acceptors (Lipinski definition) is 3. The molecule has 1 rings (SSSR count). The molecule has 0 aliphatic heterocycles. The summed E-state index contributed by atoms with van der Waals surface area (Å²) in [7, 11) is 0. The van der Waals surface area contributed by atoms with E-state index in [1.807, 2.05) is 5.43 Å². The highest BCUT2D eigenvalue weighted by atomic mass is 16.2. The summed E-state index contributed by atoms with van der Waals surface area (Å²) in [5.41, 5.74) is 10.7. The molecule has 0 saturated heterocycles. The van der Waals surface area contributed by atoms with Gasteiger partial charge in [-0.15, -0.1) is 0 Å². The van der Waals surface area contributed by atoms with E-state index in [4.69, 9.17) is 5.73 Å². The summed E-state index contributed by atoms with van der Waals surface area (Å²) in [5.74, 6) is -0.382. The van der Waals surface area contributed by atoms with Gasteiger partial charge >= 0.3 is 0 Å². The minimum absolute atomic E-state index is 0.382. The van der Waals surface area contributed by atoms with Crippen molar-refractivity contribution < 1.29 is 9.59 Å². The predicted octanol–water partition coefficient (Wildman–Crippen LogP) is -0.340. The normalized spacial score (nSPS) is 8.92. The lowest BCUT2D eigenvalue weighted by Crippen LogP contribution is -2.36. The largest absolute Gasteiger partial charge is 0.399 e. The first-order valence-corrected chi connectivity index (χ1v) is 3.59. The van der Waals surface area contributed by atoms with Gasteiger partial charge in [0, 0.05) is 11.3 Å². The summed E-state index contributed by atoms with van der Waals surface area (Å²) >= 11 is 0. The number of benzene rings is 1. The van der Waals surface area contributed by atoms with Gasteiger partial charge in [-0.3, -0.25) is 20.4 Å². The molecule has 0 heterocycles. The van der Waals surface area contributed by atoms with Crippen LogP contribution in [0.3, 0.4) is 0 Å². The van der Waals surface area contributed by atoms with Gasteiger partial charge in [-0.2, -0.15) is 0 Å². The fourth-order valence-corrected chi connectivity index (χ4v) is 0.802. The van der Waals surface area contributed by atoms with Crippen LogP contribution < -0.4 is 16.6 Å². The van der Waals surface area contributed by atoms with E-state index in [9.17, 15) is 9.59 Å². The van der Waals surface area contributed by atoms with Gasteiger partial charge in [0.2, 0.25) is 6.41 Å². The van der Waals surface area contributed by atoms with Gasteiger partial charge in [0.15, 0.2) is 0 Å². The number of amides is 2. The Bertz CT molecular complexity index is 308. The Morgan fingerprint density at radius 3 is 2.46 bits per heavy atom. The van der Waals surface area contributed by atoms with Crippen molar-refractivity contribution in [1.82, 2.24) is 10.9 Å². The standard InChI is InChI=1S/C8H9N3O2/c9-7-3-1-6(2-4-7)8(13)11-10-5-12/h1-5H,9H2,(H,10,12)(H,11,13). The molecule has 0 atom stereocenters. The van der Waals surface area contributed by atoms with Crippen molar-refractivity contribution in [2.45, 2.75) is 0 Å². The Morgan fingerprint density at radius 2 is 1.92 bits per heavy atom. The number of rotatable bonds is 3. The van der Waals surface area contributed by atoms with E-state index in [0.717, 1.165) is 0 Å². The molecule has 0 spiro atoms. The smallest absolute Gasteiger partial charge is 0.269 e. The second kappa shape index (κ2) is 4.10. The zero-order valence-electron chi connectivity index (χ0n) is 6.78. The third-order valence-electron chi connectivity index (χ3n) is 1.42. The fraction of sp³-hybridized carbons (Fsp3) is 0. The van der Waals surface area contributed by atoms with Crippen molar-refractivity contribution in [3.05, 3.63) is 29.8 Å². The number of carbonyl (C=O) groups is 2. The monoisotopic (exact) mass is 179 g/mol. The summed E-state index contributed by atoms with van der Waals surface area (Å²) in [5, 5.41) is 0. The molecule has 0 aliphatic carbocycles. The molecular formula is C8H9N3O2. The number of anilines is 1. The maximum atomic E-state index is 11.1. The van der Waals surface area contributed by atoms with Gasteiger partial charge in [-0.25, -0.2) is 0 Å². The topological polar surface area (TPSA) is 84.2 Å². The maximum Gasteiger partial charge on any atom is 0.269 e. The van der Waals surface area contributed by atoms with Crippen LogP contribution in [0.1, 0.15) is 10.4 Å². The summed E-state index contributed by atoms with van der Waals surface area (Å²) in [6.45, 7) is 0. The highest BCUT2D eigenvalue weighted by Crippen LogP contribution is 2.04. The van der Waals surface area contributed by atoms with Crippen molar-refractivity contribution in [3.63, 3.8) is 0 Å². The molecule has 13 heavy (non-hydrogen) atoms. The summed E-state index contributed by atoms with van der Waals surface area (Å²) in [4.78, 5) is 21.0. The molecule has 0 saturated carbocycles. The molecule has 5 heteroatoms. The molecule has 0 unspecified atom stereocenters. The molecule has 0 fully saturated rings. The average Bonchev–Trinajstić information content (AvgIpc) is 2.15. The number of hydrogen-bond donors (Lipinski definition) is 3. The number of nitrogens with one attached hydrogen (secondary N) is 2. The molecule has 68 valence electrons. The van der Waals surface area contributed by atoms with Crippen LogP contribution in [0.2, 0.25) is 0 Å². The lowest BCUT2D eigenvalue weighted by atomic mass is 10.2. The maximum absolute atomic E-state index is 11.1. The van der Waals surface area contributed by atoms with Crippen LogP contribution in [-0.4, -0.2) is 12.3 Å². The molecule has 0 aromatic heterocycles. The van der Waals surface area contributed by atoms with Crippen molar-refractivity contribution >= 4 is 18.0 Å². The van der Waals surface area contributed by atoms with Crippen molar-refractivity contribution in [1.29, 1.82) is 0 Å². The summed E-state index contributed by atoms with van der Waals surface area (Å²) in [6.07, 6.45) is 0.384.